The predicted molar refractivity (Wildman–Crippen MR) is 108 cm³/mol. The highest BCUT2D eigenvalue weighted by molar-refractivity contribution is 7.89. The summed E-state index contributed by atoms with van der Waals surface area (Å²) in [6, 6.07) is 3.63. The highest BCUT2D eigenvalue weighted by atomic mass is 32.2. The van der Waals surface area contributed by atoms with Crippen LogP contribution in [0, 0.1) is 11.3 Å². The van der Waals surface area contributed by atoms with Gasteiger partial charge in [-0.1, -0.05) is 27.7 Å². The Morgan fingerprint density at radius 1 is 1.23 bits per heavy atom. The van der Waals surface area contributed by atoms with Crippen molar-refractivity contribution in [2.45, 2.75) is 50.8 Å². The molecule has 1 aromatic rings. The lowest BCUT2D eigenvalue weighted by atomic mass is 9.85. The molecule has 2 aliphatic rings. The van der Waals surface area contributed by atoms with Gasteiger partial charge in [0.1, 0.15) is 18.7 Å². The normalized spacial score (nSPS) is 25.2. The Morgan fingerprint density at radius 3 is 2.37 bits per heavy atom. The third-order valence-corrected chi connectivity index (χ3v) is 6.49. The lowest BCUT2D eigenvalue weighted by Crippen LogP contribution is -2.57. The highest BCUT2D eigenvalue weighted by Crippen LogP contribution is 2.33. The van der Waals surface area contributed by atoms with Crippen LogP contribution < -0.4 is 10.5 Å². The van der Waals surface area contributed by atoms with Crippen molar-refractivity contribution < 1.29 is 27.5 Å². The number of nitrogens with one attached hydrogen (secondary N) is 1. The van der Waals surface area contributed by atoms with E-state index >= 15 is 0 Å². The maximum atomic E-state index is 13.4. The van der Waals surface area contributed by atoms with Crippen molar-refractivity contribution in [2.75, 3.05) is 13.2 Å². The number of hydrogen-bond acceptors (Lipinski definition) is 6. The first kappa shape index (κ1) is 22.4. The standard InChI is InChI=1S/C20H27N3O6S/c1-11-9-23(15-14(24)10-29-16(11)15)19(26)17(20(2,3)4)22-18(25)12-5-7-13(8-6-12)30(21,27)28/h5-8,11,15-17H,9-10H2,1-4H3,(H,22,25)(H2,21,27,28)/t11-,15+,16+,17+/m0/s1. The van der Waals surface area contributed by atoms with Crippen LogP contribution in [0.2, 0.25) is 0 Å². The van der Waals surface area contributed by atoms with Crippen LogP contribution in [0.1, 0.15) is 38.1 Å². The molecule has 2 saturated heterocycles. The van der Waals surface area contributed by atoms with Gasteiger partial charge >= 0.3 is 0 Å². The molecule has 0 radical (unpaired) electrons. The predicted octanol–water partition coefficient (Wildman–Crippen LogP) is 0.293. The molecule has 0 saturated carbocycles. The smallest absolute Gasteiger partial charge is 0.251 e. The Bertz CT molecular complexity index is 967. The summed E-state index contributed by atoms with van der Waals surface area (Å²) in [4.78, 5) is 39.9. The molecule has 2 aliphatic heterocycles. The Balaban J connectivity index is 1.82. The number of benzene rings is 1. The van der Waals surface area contributed by atoms with E-state index < -0.39 is 33.4 Å². The second kappa shape index (κ2) is 7.75. The molecule has 0 spiro atoms. The molecule has 3 N–H and O–H groups in total. The van der Waals surface area contributed by atoms with E-state index in [0.717, 1.165) is 0 Å². The number of ether oxygens (including phenoxy) is 1. The number of nitrogens with zero attached hydrogens (tertiary/aromatic N) is 1. The van der Waals surface area contributed by atoms with Gasteiger partial charge in [0, 0.05) is 18.0 Å². The second-order valence-corrected chi connectivity index (χ2v) is 10.6. The molecule has 30 heavy (non-hydrogen) atoms. The van der Waals surface area contributed by atoms with Crippen molar-refractivity contribution >= 4 is 27.6 Å². The summed E-state index contributed by atoms with van der Waals surface area (Å²) in [6.07, 6.45) is -0.316. The fraction of sp³-hybridized carbons (Fsp3) is 0.550. The van der Waals surface area contributed by atoms with Crippen molar-refractivity contribution in [2.24, 2.45) is 16.5 Å². The van der Waals surface area contributed by atoms with Crippen LogP contribution in [0.15, 0.2) is 29.2 Å². The van der Waals surface area contributed by atoms with Crippen molar-refractivity contribution in [1.29, 1.82) is 0 Å². The summed E-state index contributed by atoms with van der Waals surface area (Å²) in [6.45, 7) is 7.77. The van der Waals surface area contributed by atoms with Crippen molar-refractivity contribution in [1.82, 2.24) is 10.2 Å². The van der Waals surface area contributed by atoms with Gasteiger partial charge in [-0.3, -0.25) is 14.4 Å². The Hall–Kier alpha value is -2.30. The van der Waals surface area contributed by atoms with Gasteiger partial charge < -0.3 is 15.0 Å². The zero-order valence-corrected chi connectivity index (χ0v) is 18.2. The monoisotopic (exact) mass is 437 g/mol. The molecule has 164 valence electrons. The van der Waals surface area contributed by atoms with E-state index in [2.05, 4.69) is 5.32 Å². The molecule has 0 unspecified atom stereocenters. The minimum absolute atomic E-state index is 0.00754. The number of Topliss-reactive ketones (excluding diaryl/α,β-unsaturated/α-hetero) is 1. The van der Waals surface area contributed by atoms with Crippen molar-refractivity contribution in [3.05, 3.63) is 29.8 Å². The molecule has 2 heterocycles. The number of amides is 2. The average Bonchev–Trinajstić information content (AvgIpc) is 3.18. The van der Waals surface area contributed by atoms with Crippen LogP contribution in [-0.4, -0.2) is 62.3 Å². The Labute approximate surface area is 176 Å². The minimum Gasteiger partial charge on any atom is -0.367 e. The Kier molecular flexibility index (Phi) is 5.78. The molecule has 9 nitrogen and oxygen atoms in total. The fourth-order valence-corrected chi connectivity index (χ4v) is 4.46. The third kappa shape index (κ3) is 4.26. The summed E-state index contributed by atoms with van der Waals surface area (Å²) in [5.41, 5.74) is -0.436. The first-order chi connectivity index (χ1) is 13.8. The van der Waals surface area contributed by atoms with E-state index in [4.69, 9.17) is 9.88 Å². The number of rotatable bonds is 4. The summed E-state index contributed by atoms with van der Waals surface area (Å²) in [5, 5.41) is 7.83. The number of nitrogens with two attached hydrogens (primary N) is 1. The van der Waals surface area contributed by atoms with Gasteiger partial charge in [0.25, 0.3) is 5.91 Å². The number of hydrogen-bond donors (Lipinski definition) is 2. The number of ketones is 1. The van der Waals surface area contributed by atoms with Gasteiger partial charge in [0.05, 0.1) is 11.0 Å². The zero-order chi connectivity index (χ0) is 22.4. The second-order valence-electron chi connectivity index (χ2n) is 9.00. The molecular formula is C20H27N3O6S. The van der Waals surface area contributed by atoms with Gasteiger partial charge in [0.2, 0.25) is 15.9 Å². The van der Waals surface area contributed by atoms with E-state index in [9.17, 15) is 22.8 Å². The number of fused-ring (bicyclic) bond motifs is 1. The van der Waals surface area contributed by atoms with Crippen LogP contribution in [0.5, 0.6) is 0 Å². The molecule has 0 aromatic heterocycles. The summed E-state index contributed by atoms with van der Waals surface area (Å²) < 4.78 is 28.3. The average molecular weight is 438 g/mol. The molecule has 4 atom stereocenters. The van der Waals surface area contributed by atoms with Crippen LogP contribution >= 0.6 is 0 Å². The molecule has 2 fully saturated rings. The van der Waals surface area contributed by atoms with Gasteiger partial charge in [-0.25, -0.2) is 13.6 Å². The topological polar surface area (TPSA) is 136 Å². The van der Waals surface area contributed by atoms with Gasteiger partial charge in [-0.2, -0.15) is 0 Å². The van der Waals surface area contributed by atoms with E-state index in [1.165, 1.54) is 29.2 Å². The summed E-state index contributed by atoms with van der Waals surface area (Å²) >= 11 is 0. The minimum atomic E-state index is -3.87. The summed E-state index contributed by atoms with van der Waals surface area (Å²) in [7, 11) is -3.87. The number of carbonyl (C=O) groups excluding carboxylic acids is 3. The quantitative estimate of drug-likeness (QED) is 0.695. The van der Waals surface area contributed by atoms with Gasteiger partial charge in [-0.15, -0.1) is 0 Å². The van der Waals surface area contributed by atoms with Crippen LogP contribution in [0.3, 0.4) is 0 Å². The molecule has 0 bridgehead atoms. The van der Waals surface area contributed by atoms with Gasteiger partial charge in [0.15, 0.2) is 5.78 Å². The largest absolute Gasteiger partial charge is 0.367 e. The lowest BCUT2D eigenvalue weighted by molar-refractivity contribution is -0.140. The van der Waals surface area contributed by atoms with Crippen LogP contribution in [0.25, 0.3) is 0 Å². The molecule has 3 rings (SSSR count). The van der Waals surface area contributed by atoms with E-state index in [-0.39, 0.29) is 40.8 Å². The highest BCUT2D eigenvalue weighted by Gasteiger charge is 2.52. The number of likely N-dealkylation sites (tertiary alicyclic amines) is 1. The zero-order valence-electron chi connectivity index (χ0n) is 17.4. The maximum Gasteiger partial charge on any atom is 0.251 e. The molecular weight excluding hydrogens is 410 g/mol. The molecule has 0 aliphatic carbocycles. The first-order valence-electron chi connectivity index (χ1n) is 9.69. The molecule has 2 amide bonds. The van der Waals surface area contributed by atoms with Crippen LogP contribution in [0.4, 0.5) is 0 Å². The number of carbonyl (C=O) groups is 3. The number of primary sulfonamides is 1. The summed E-state index contributed by atoms with van der Waals surface area (Å²) in [5.74, 6) is -0.972. The maximum absolute atomic E-state index is 13.4. The molecule has 10 heteroatoms. The Morgan fingerprint density at radius 2 is 1.83 bits per heavy atom. The van der Waals surface area contributed by atoms with Gasteiger partial charge in [-0.05, 0) is 29.7 Å². The third-order valence-electron chi connectivity index (χ3n) is 5.56. The fourth-order valence-electron chi connectivity index (χ4n) is 3.94. The molecule has 1 aromatic carbocycles. The van der Waals surface area contributed by atoms with E-state index in [1.807, 2.05) is 27.7 Å². The SMILES string of the molecule is C[C@H]1CN(C(=O)[C@@H](NC(=O)c2ccc(S(N)(=O)=O)cc2)C(C)(C)C)[C@@H]2C(=O)CO[C@@H]21. The van der Waals surface area contributed by atoms with Crippen molar-refractivity contribution in [3.63, 3.8) is 0 Å². The number of sulfonamides is 1. The van der Waals surface area contributed by atoms with Crippen LogP contribution in [-0.2, 0) is 24.3 Å². The van der Waals surface area contributed by atoms with E-state index in [1.54, 1.807) is 0 Å². The van der Waals surface area contributed by atoms with Crippen molar-refractivity contribution in [3.8, 4) is 0 Å². The first-order valence-corrected chi connectivity index (χ1v) is 11.2. The van der Waals surface area contributed by atoms with E-state index in [0.29, 0.717) is 6.54 Å². The lowest BCUT2D eigenvalue weighted by Gasteiger charge is -2.35.